The number of ether oxygens (including phenoxy) is 4. The number of aryl methyl sites for hydroxylation is 2. The standard InChI is InChI=1S/C32H30N4O12S2/c1-3-35-9-17(27(37)15-5-23-25(7-21(15)35)47-13-45-23)29(39)33-19(31(41)42)11-49-50-12-20(32(43)44)34-30(40)18-10-36(4-2)22-8-26-24(46-14-48-26)6-16(22)28(18)38/h5-10,19-20H,3-4,11-14H2,1-2H3,(H,33,39)(H,34,40)(H,41,42)(H,43,44)/t19-,20-/m0/s1. The smallest absolute Gasteiger partial charge is 0.327 e. The number of fused-ring (bicyclic) bond motifs is 4. The first-order valence-corrected chi connectivity index (χ1v) is 17.7. The molecular weight excluding hydrogens is 697 g/mol. The van der Waals surface area contributed by atoms with Gasteiger partial charge in [-0.25, -0.2) is 9.59 Å². The largest absolute Gasteiger partial charge is 0.480 e. The molecule has 2 amide bonds. The lowest BCUT2D eigenvalue weighted by molar-refractivity contribution is -0.139. The number of carbonyl (C=O) groups excluding carboxylic acids is 2. The quantitative estimate of drug-likeness (QED) is 0.115. The van der Waals surface area contributed by atoms with E-state index in [-0.39, 0.29) is 47.0 Å². The minimum atomic E-state index is -1.44. The Morgan fingerprint density at radius 3 is 1.38 bits per heavy atom. The average Bonchev–Trinajstić information content (AvgIpc) is 3.76. The molecule has 4 heterocycles. The van der Waals surface area contributed by atoms with Crippen LogP contribution in [0.5, 0.6) is 23.0 Å². The molecule has 2 aliphatic rings. The maximum Gasteiger partial charge on any atom is 0.327 e. The third kappa shape index (κ3) is 6.62. The van der Waals surface area contributed by atoms with E-state index in [0.717, 1.165) is 21.6 Å². The summed E-state index contributed by atoms with van der Waals surface area (Å²) in [4.78, 5) is 77.1. The molecule has 16 nitrogen and oxygen atoms in total. The maximum absolute atomic E-state index is 13.3. The second kappa shape index (κ2) is 14.2. The molecule has 0 fully saturated rings. The van der Waals surface area contributed by atoms with E-state index in [2.05, 4.69) is 10.6 Å². The van der Waals surface area contributed by atoms with Gasteiger partial charge in [0.15, 0.2) is 23.0 Å². The van der Waals surface area contributed by atoms with Gasteiger partial charge < -0.3 is 48.9 Å². The van der Waals surface area contributed by atoms with Crippen molar-refractivity contribution in [3.8, 4) is 23.0 Å². The molecule has 0 radical (unpaired) electrons. The Morgan fingerprint density at radius 1 is 0.680 bits per heavy atom. The van der Waals surface area contributed by atoms with Gasteiger partial charge in [0.1, 0.15) is 23.2 Å². The highest BCUT2D eigenvalue weighted by atomic mass is 33.1. The van der Waals surface area contributed by atoms with Crippen molar-refractivity contribution in [2.24, 2.45) is 0 Å². The van der Waals surface area contributed by atoms with Crippen molar-refractivity contribution in [2.75, 3.05) is 25.1 Å². The highest BCUT2D eigenvalue weighted by Gasteiger charge is 2.28. The maximum atomic E-state index is 13.3. The van der Waals surface area contributed by atoms with Crippen LogP contribution in [0.4, 0.5) is 0 Å². The van der Waals surface area contributed by atoms with Crippen LogP contribution >= 0.6 is 21.6 Å². The third-order valence-corrected chi connectivity index (χ3v) is 10.5. The van der Waals surface area contributed by atoms with Crippen molar-refractivity contribution < 1.29 is 48.3 Å². The zero-order chi connectivity index (χ0) is 35.7. The monoisotopic (exact) mass is 726 g/mol. The number of hydrogen-bond donors (Lipinski definition) is 4. The van der Waals surface area contributed by atoms with Gasteiger partial charge in [0.25, 0.3) is 11.8 Å². The topological polar surface area (TPSA) is 214 Å². The fourth-order valence-electron chi connectivity index (χ4n) is 5.46. The fraction of sp³-hybridized carbons (Fsp3) is 0.312. The summed E-state index contributed by atoms with van der Waals surface area (Å²) in [7, 11) is 1.89. The number of carboxylic acid groups (broad SMARTS) is 2. The van der Waals surface area contributed by atoms with E-state index in [0.29, 0.717) is 47.1 Å². The Kier molecular flexibility index (Phi) is 9.83. The molecule has 0 unspecified atom stereocenters. The zero-order valence-electron chi connectivity index (χ0n) is 26.5. The van der Waals surface area contributed by atoms with Crippen molar-refractivity contribution in [2.45, 2.75) is 39.0 Å². The van der Waals surface area contributed by atoms with E-state index in [1.165, 1.54) is 24.5 Å². The second-order valence-electron chi connectivity index (χ2n) is 11.1. The molecule has 18 heteroatoms. The molecule has 2 atom stereocenters. The van der Waals surface area contributed by atoms with Crippen molar-refractivity contribution >= 4 is 67.1 Å². The van der Waals surface area contributed by atoms with Crippen LogP contribution in [-0.2, 0) is 22.7 Å². The number of nitrogens with one attached hydrogen (secondary N) is 2. The SMILES string of the molecule is CCn1cc(C(=O)N[C@@H](CSSC[C@H](NC(=O)c2cn(CC)c3cc4c(cc3c2=O)OCO4)C(=O)O)C(=O)O)c(=O)c2cc3c(cc21)OCO3. The lowest BCUT2D eigenvalue weighted by atomic mass is 10.1. The van der Waals surface area contributed by atoms with Crippen LogP contribution in [0, 0.1) is 0 Å². The van der Waals surface area contributed by atoms with Gasteiger partial charge in [-0.3, -0.25) is 19.2 Å². The Labute approximate surface area is 290 Å². The zero-order valence-corrected chi connectivity index (χ0v) is 28.2. The molecule has 50 heavy (non-hydrogen) atoms. The molecule has 2 aromatic heterocycles. The number of benzene rings is 2. The van der Waals surface area contributed by atoms with Gasteiger partial charge in [0.05, 0.1) is 21.8 Å². The summed E-state index contributed by atoms with van der Waals surface area (Å²) in [6.45, 7) is 4.41. The van der Waals surface area contributed by atoms with E-state index < -0.39 is 46.7 Å². The highest BCUT2D eigenvalue weighted by molar-refractivity contribution is 8.76. The number of aliphatic carboxylic acids is 2. The van der Waals surface area contributed by atoms with Crippen molar-refractivity contribution in [3.63, 3.8) is 0 Å². The number of rotatable bonds is 13. The highest BCUT2D eigenvalue weighted by Crippen LogP contribution is 2.36. The molecule has 4 N–H and O–H groups in total. The van der Waals surface area contributed by atoms with Gasteiger partial charge in [0, 0.05) is 49.1 Å². The number of carboxylic acids is 2. The van der Waals surface area contributed by atoms with Gasteiger partial charge in [-0.15, -0.1) is 0 Å². The molecule has 0 aliphatic carbocycles. The molecule has 0 saturated carbocycles. The number of nitrogens with zero attached hydrogens (tertiary/aromatic N) is 2. The summed E-state index contributed by atoms with van der Waals surface area (Å²) in [5.41, 5.74) is -0.729. The van der Waals surface area contributed by atoms with Crippen LogP contribution in [0.25, 0.3) is 21.8 Å². The van der Waals surface area contributed by atoms with E-state index in [9.17, 15) is 39.0 Å². The van der Waals surface area contributed by atoms with Gasteiger partial charge in [0.2, 0.25) is 24.4 Å². The van der Waals surface area contributed by atoms with Gasteiger partial charge in [-0.1, -0.05) is 21.6 Å². The van der Waals surface area contributed by atoms with Crippen LogP contribution in [-0.4, -0.2) is 80.3 Å². The van der Waals surface area contributed by atoms with Gasteiger partial charge in [-0.2, -0.15) is 0 Å². The minimum Gasteiger partial charge on any atom is -0.480 e. The summed E-state index contributed by atoms with van der Waals surface area (Å²) >= 11 is 0. The Balaban J connectivity index is 1.11. The van der Waals surface area contributed by atoms with Crippen LogP contribution < -0.4 is 40.4 Å². The molecule has 2 aromatic carbocycles. The minimum absolute atomic E-state index is 0.00658. The number of carbonyl (C=O) groups is 4. The van der Waals surface area contributed by atoms with E-state index in [1.807, 2.05) is 13.8 Å². The lowest BCUT2D eigenvalue weighted by Crippen LogP contribution is -2.44. The first-order chi connectivity index (χ1) is 24.0. The fourth-order valence-corrected chi connectivity index (χ4v) is 7.77. The van der Waals surface area contributed by atoms with Crippen LogP contribution in [0.3, 0.4) is 0 Å². The Bertz CT molecular complexity index is 2030. The first kappa shape index (κ1) is 34.5. The van der Waals surface area contributed by atoms with Crippen LogP contribution in [0.2, 0.25) is 0 Å². The van der Waals surface area contributed by atoms with Gasteiger partial charge >= 0.3 is 11.9 Å². The number of amides is 2. The molecule has 0 spiro atoms. The summed E-state index contributed by atoms with van der Waals surface area (Å²) in [5, 5.41) is 24.8. The lowest BCUT2D eigenvalue weighted by Gasteiger charge is -2.17. The normalized spacial score (nSPS) is 14.0. The Hall–Kier alpha value is -5.36. The first-order valence-electron chi connectivity index (χ1n) is 15.3. The van der Waals surface area contributed by atoms with Gasteiger partial charge in [-0.05, 0) is 26.0 Å². The third-order valence-electron chi connectivity index (χ3n) is 8.08. The molecule has 6 rings (SSSR count). The van der Waals surface area contributed by atoms with E-state index in [1.54, 1.807) is 21.3 Å². The number of aromatic nitrogens is 2. The summed E-state index contributed by atoms with van der Waals surface area (Å²) in [6.07, 6.45) is 2.70. The summed E-state index contributed by atoms with van der Waals surface area (Å²) < 4.78 is 24.9. The Morgan fingerprint density at radius 2 is 1.04 bits per heavy atom. The predicted octanol–water partition coefficient (Wildman–Crippen LogP) is 2.26. The number of pyridine rings is 2. The van der Waals surface area contributed by atoms with Crippen LogP contribution in [0.1, 0.15) is 34.6 Å². The summed E-state index contributed by atoms with van der Waals surface area (Å²) in [6, 6.07) is 3.36. The molecule has 0 saturated heterocycles. The molecule has 0 bridgehead atoms. The average molecular weight is 727 g/mol. The molecule has 4 aromatic rings. The van der Waals surface area contributed by atoms with Crippen molar-refractivity contribution in [1.82, 2.24) is 19.8 Å². The number of hydrogen-bond acceptors (Lipinski definition) is 12. The summed E-state index contributed by atoms with van der Waals surface area (Å²) in [5.74, 6) is -3.33. The second-order valence-corrected chi connectivity index (χ2v) is 13.6. The van der Waals surface area contributed by atoms with E-state index >= 15 is 0 Å². The van der Waals surface area contributed by atoms with E-state index in [4.69, 9.17) is 18.9 Å². The van der Waals surface area contributed by atoms with Crippen molar-refractivity contribution in [3.05, 3.63) is 68.2 Å². The molecular formula is C32H30N4O12S2. The van der Waals surface area contributed by atoms with Crippen LogP contribution in [0.15, 0.2) is 46.2 Å². The molecule has 262 valence electrons. The molecule has 2 aliphatic heterocycles. The van der Waals surface area contributed by atoms with Crippen molar-refractivity contribution in [1.29, 1.82) is 0 Å². The predicted molar refractivity (Wildman–Crippen MR) is 183 cm³/mol.